The SMILES string of the molecule is CC(C)(C)C(NC(=O)CC1CCCO1)C(=O)O. The van der Waals surface area contributed by atoms with Crippen LogP contribution in [0.15, 0.2) is 0 Å². The highest BCUT2D eigenvalue weighted by atomic mass is 16.5. The molecule has 1 saturated heterocycles. The molecule has 2 N–H and O–H groups in total. The first kappa shape index (κ1) is 14.0. The Hall–Kier alpha value is -1.10. The monoisotopic (exact) mass is 243 g/mol. The lowest BCUT2D eigenvalue weighted by Gasteiger charge is -2.28. The maximum atomic E-state index is 11.7. The summed E-state index contributed by atoms with van der Waals surface area (Å²) in [6.07, 6.45) is 2.05. The van der Waals surface area contributed by atoms with Crippen molar-refractivity contribution in [2.75, 3.05) is 6.61 Å². The lowest BCUT2D eigenvalue weighted by molar-refractivity contribution is -0.145. The Morgan fingerprint density at radius 1 is 1.47 bits per heavy atom. The molecule has 1 amide bonds. The van der Waals surface area contributed by atoms with E-state index < -0.39 is 17.4 Å². The summed E-state index contributed by atoms with van der Waals surface area (Å²) in [5.41, 5.74) is -0.502. The molecule has 0 radical (unpaired) electrons. The van der Waals surface area contributed by atoms with Gasteiger partial charge in [-0.15, -0.1) is 0 Å². The minimum atomic E-state index is -1.00. The molecule has 0 spiro atoms. The molecule has 0 saturated carbocycles. The van der Waals surface area contributed by atoms with Gasteiger partial charge in [-0.2, -0.15) is 0 Å². The Bertz CT molecular complexity index is 289. The molecule has 5 nitrogen and oxygen atoms in total. The average molecular weight is 243 g/mol. The van der Waals surface area contributed by atoms with E-state index in [-0.39, 0.29) is 18.4 Å². The number of hydrogen-bond donors (Lipinski definition) is 2. The summed E-state index contributed by atoms with van der Waals surface area (Å²) >= 11 is 0. The molecule has 0 aromatic carbocycles. The van der Waals surface area contributed by atoms with Crippen LogP contribution >= 0.6 is 0 Å². The number of ether oxygens (including phenoxy) is 1. The van der Waals surface area contributed by atoms with Gasteiger partial charge in [-0.1, -0.05) is 20.8 Å². The smallest absolute Gasteiger partial charge is 0.326 e. The van der Waals surface area contributed by atoms with E-state index in [0.29, 0.717) is 6.61 Å². The Kier molecular flexibility index (Phi) is 4.51. The third-order valence-electron chi connectivity index (χ3n) is 2.86. The van der Waals surface area contributed by atoms with Gasteiger partial charge < -0.3 is 15.2 Å². The maximum absolute atomic E-state index is 11.7. The summed E-state index contributed by atoms with van der Waals surface area (Å²) in [6.45, 7) is 6.06. The molecule has 1 aliphatic rings. The fraction of sp³-hybridized carbons (Fsp3) is 0.833. The topological polar surface area (TPSA) is 75.6 Å². The molecular formula is C12H21NO4. The molecule has 0 aromatic heterocycles. The van der Waals surface area contributed by atoms with Crippen LogP contribution in [0.25, 0.3) is 0 Å². The van der Waals surface area contributed by atoms with Crippen molar-refractivity contribution in [1.82, 2.24) is 5.32 Å². The average Bonchev–Trinajstić information content (AvgIpc) is 2.64. The number of nitrogens with one attached hydrogen (secondary N) is 1. The van der Waals surface area contributed by atoms with E-state index in [0.717, 1.165) is 12.8 Å². The van der Waals surface area contributed by atoms with Gasteiger partial charge in [0.1, 0.15) is 6.04 Å². The maximum Gasteiger partial charge on any atom is 0.326 e. The minimum Gasteiger partial charge on any atom is -0.480 e. The quantitative estimate of drug-likeness (QED) is 0.777. The zero-order valence-electron chi connectivity index (χ0n) is 10.7. The number of carboxylic acid groups (broad SMARTS) is 1. The molecule has 1 fully saturated rings. The van der Waals surface area contributed by atoms with E-state index >= 15 is 0 Å². The number of carbonyl (C=O) groups is 2. The first-order chi connectivity index (χ1) is 7.80. The largest absolute Gasteiger partial charge is 0.480 e. The lowest BCUT2D eigenvalue weighted by atomic mass is 9.86. The molecule has 17 heavy (non-hydrogen) atoms. The molecule has 0 aliphatic carbocycles. The van der Waals surface area contributed by atoms with Crippen molar-refractivity contribution in [2.45, 2.75) is 52.2 Å². The van der Waals surface area contributed by atoms with Crippen LogP contribution in [-0.4, -0.2) is 35.7 Å². The molecule has 2 atom stereocenters. The molecule has 0 bridgehead atoms. The van der Waals surface area contributed by atoms with Gasteiger partial charge >= 0.3 is 5.97 Å². The van der Waals surface area contributed by atoms with Crippen molar-refractivity contribution in [3.05, 3.63) is 0 Å². The fourth-order valence-electron chi connectivity index (χ4n) is 1.88. The lowest BCUT2D eigenvalue weighted by Crippen LogP contribution is -2.49. The zero-order valence-corrected chi connectivity index (χ0v) is 10.7. The van der Waals surface area contributed by atoms with Gasteiger partial charge in [0.2, 0.25) is 5.91 Å². The third kappa shape index (κ3) is 4.34. The number of carboxylic acids is 1. The molecule has 98 valence electrons. The van der Waals surface area contributed by atoms with Crippen LogP contribution in [0.5, 0.6) is 0 Å². The van der Waals surface area contributed by atoms with Crippen LogP contribution in [0.2, 0.25) is 0 Å². The molecule has 1 rings (SSSR count). The van der Waals surface area contributed by atoms with Gasteiger partial charge in [0, 0.05) is 6.61 Å². The van der Waals surface area contributed by atoms with Crippen molar-refractivity contribution in [3.63, 3.8) is 0 Å². The van der Waals surface area contributed by atoms with Crippen molar-refractivity contribution in [2.24, 2.45) is 5.41 Å². The predicted molar refractivity (Wildman–Crippen MR) is 62.6 cm³/mol. The first-order valence-corrected chi connectivity index (χ1v) is 5.94. The van der Waals surface area contributed by atoms with Crippen LogP contribution in [0.3, 0.4) is 0 Å². The van der Waals surface area contributed by atoms with E-state index in [1.165, 1.54) is 0 Å². The summed E-state index contributed by atoms with van der Waals surface area (Å²) in [4.78, 5) is 22.8. The van der Waals surface area contributed by atoms with E-state index in [1.54, 1.807) is 20.8 Å². The van der Waals surface area contributed by atoms with Gasteiger partial charge in [-0.3, -0.25) is 4.79 Å². The zero-order chi connectivity index (χ0) is 13.1. The molecule has 1 heterocycles. The predicted octanol–water partition coefficient (Wildman–Crippen LogP) is 1.17. The van der Waals surface area contributed by atoms with Crippen molar-refractivity contribution in [1.29, 1.82) is 0 Å². The van der Waals surface area contributed by atoms with Gasteiger partial charge in [0.15, 0.2) is 0 Å². The Morgan fingerprint density at radius 3 is 2.53 bits per heavy atom. The minimum absolute atomic E-state index is 0.0515. The van der Waals surface area contributed by atoms with E-state index in [2.05, 4.69) is 5.32 Å². The van der Waals surface area contributed by atoms with Crippen molar-refractivity contribution >= 4 is 11.9 Å². The second-order valence-corrected chi connectivity index (χ2v) is 5.54. The van der Waals surface area contributed by atoms with E-state index in [1.807, 2.05) is 0 Å². The number of amides is 1. The van der Waals surface area contributed by atoms with E-state index in [4.69, 9.17) is 9.84 Å². The van der Waals surface area contributed by atoms with Gasteiger partial charge in [0.25, 0.3) is 0 Å². The highest BCUT2D eigenvalue weighted by Crippen LogP contribution is 2.20. The fourth-order valence-corrected chi connectivity index (χ4v) is 1.88. The number of hydrogen-bond acceptors (Lipinski definition) is 3. The van der Waals surface area contributed by atoms with E-state index in [9.17, 15) is 9.59 Å². The Balaban J connectivity index is 2.49. The summed E-state index contributed by atoms with van der Waals surface area (Å²) in [7, 11) is 0. The van der Waals surface area contributed by atoms with Crippen molar-refractivity contribution in [3.8, 4) is 0 Å². The summed E-state index contributed by atoms with van der Waals surface area (Å²) in [5.74, 6) is -1.25. The number of aliphatic carboxylic acids is 1. The molecule has 0 aromatic rings. The molecular weight excluding hydrogens is 222 g/mol. The number of rotatable bonds is 4. The Labute approximate surface area is 102 Å². The standard InChI is InChI=1S/C12H21NO4/c1-12(2,3)10(11(15)16)13-9(14)7-8-5-4-6-17-8/h8,10H,4-7H2,1-3H3,(H,13,14)(H,15,16). The molecule has 5 heteroatoms. The second-order valence-electron chi connectivity index (χ2n) is 5.54. The first-order valence-electron chi connectivity index (χ1n) is 5.94. The van der Waals surface area contributed by atoms with Crippen LogP contribution in [0.1, 0.15) is 40.0 Å². The third-order valence-corrected chi connectivity index (χ3v) is 2.86. The van der Waals surface area contributed by atoms with Gasteiger partial charge in [0.05, 0.1) is 12.5 Å². The normalized spacial score (nSPS) is 22.2. The summed E-state index contributed by atoms with van der Waals surface area (Å²) < 4.78 is 5.34. The highest BCUT2D eigenvalue weighted by Gasteiger charge is 2.33. The highest BCUT2D eigenvalue weighted by molar-refractivity contribution is 5.84. The number of carbonyl (C=O) groups excluding carboxylic acids is 1. The van der Waals surface area contributed by atoms with Gasteiger partial charge in [-0.05, 0) is 18.3 Å². The molecule has 2 unspecified atom stereocenters. The van der Waals surface area contributed by atoms with Crippen LogP contribution in [0.4, 0.5) is 0 Å². The summed E-state index contributed by atoms with van der Waals surface area (Å²) in [5, 5.41) is 11.6. The molecule has 1 aliphatic heterocycles. The summed E-state index contributed by atoms with van der Waals surface area (Å²) in [6, 6.07) is -0.864. The second kappa shape index (κ2) is 5.49. The van der Waals surface area contributed by atoms with Crippen LogP contribution in [0, 0.1) is 5.41 Å². The van der Waals surface area contributed by atoms with Gasteiger partial charge in [-0.25, -0.2) is 4.79 Å². The van der Waals surface area contributed by atoms with Crippen LogP contribution < -0.4 is 5.32 Å². The van der Waals surface area contributed by atoms with Crippen LogP contribution in [-0.2, 0) is 14.3 Å². The van der Waals surface area contributed by atoms with Crippen molar-refractivity contribution < 1.29 is 19.4 Å². The Morgan fingerprint density at radius 2 is 2.12 bits per heavy atom.